The van der Waals surface area contributed by atoms with E-state index >= 15 is 0 Å². The van der Waals surface area contributed by atoms with Crippen molar-refractivity contribution in [1.29, 1.82) is 0 Å². The summed E-state index contributed by atoms with van der Waals surface area (Å²) in [6.45, 7) is 7.62. The molecule has 0 aliphatic carbocycles. The van der Waals surface area contributed by atoms with Gasteiger partial charge in [-0.05, 0) is 18.6 Å². The fourth-order valence-corrected chi connectivity index (χ4v) is 5.40. The average Bonchev–Trinajstić information content (AvgIpc) is 3.27. The molecule has 5 rings (SSSR count). The SMILES string of the molecule is CCS(=O)(=O)N1CCN(Cc2cc3c(N4CCOCC4)nc(-c4cnc(N)nc4)nn3c2)CC1. The third-order valence-electron chi connectivity index (χ3n) is 6.24. The Bertz CT molecular complexity index is 1250. The molecule has 0 unspecified atom stereocenters. The molecular weight excluding hydrogens is 458 g/mol. The fourth-order valence-electron chi connectivity index (χ4n) is 4.31. The first kappa shape index (κ1) is 22.9. The smallest absolute Gasteiger partial charge is 0.219 e. The van der Waals surface area contributed by atoms with Crippen LogP contribution in [0.25, 0.3) is 16.9 Å². The Morgan fingerprint density at radius 3 is 2.44 bits per heavy atom. The van der Waals surface area contributed by atoms with Gasteiger partial charge in [-0.15, -0.1) is 5.10 Å². The van der Waals surface area contributed by atoms with Crippen LogP contribution in [0.1, 0.15) is 12.5 Å². The third-order valence-corrected chi connectivity index (χ3v) is 8.12. The minimum atomic E-state index is -3.14. The number of nitrogen functional groups attached to an aromatic ring is 1. The number of piperazine rings is 1. The Balaban J connectivity index is 1.42. The number of nitrogens with two attached hydrogens (primary N) is 1. The van der Waals surface area contributed by atoms with Crippen molar-refractivity contribution in [2.24, 2.45) is 0 Å². The van der Waals surface area contributed by atoms with Crippen LogP contribution in [0.4, 0.5) is 11.8 Å². The summed E-state index contributed by atoms with van der Waals surface area (Å²) in [6.07, 6.45) is 5.26. The molecule has 2 fully saturated rings. The van der Waals surface area contributed by atoms with Crippen LogP contribution in [0.3, 0.4) is 0 Å². The Labute approximate surface area is 198 Å². The minimum absolute atomic E-state index is 0.141. The molecule has 3 aromatic rings. The summed E-state index contributed by atoms with van der Waals surface area (Å²) in [5.41, 5.74) is 8.35. The van der Waals surface area contributed by atoms with Gasteiger partial charge in [0.25, 0.3) is 0 Å². The van der Waals surface area contributed by atoms with Crippen LogP contribution in [0.2, 0.25) is 0 Å². The van der Waals surface area contributed by atoms with Crippen molar-refractivity contribution in [3.05, 3.63) is 30.2 Å². The van der Waals surface area contributed by atoms with E-state index < -0.39 is 10.0 Å². The number of hydrogen-bond acceptors (Lipinski definition) is 10. The number of fused-ring (bicyclic) bond motifs is 1. The van der Waals surface area contributed by atoms with Gasteiger partial charge in [-0.25, -0.2) is 27.9 Å². The summed E-state index contributed by atoms with van der Waals surface area (Å²) in [5.74, 6) is 1.71. The molecule has 0 spiro atoms. The van der Waals surface area contributed by atoms with Crippen molar-refractivity contribution in [1.82, 2.24) is 33.8 Å². The Hall–Kier alpha value is -2.87. The summed E-state index contributed by atoms with van der Waals surface area (Å²) in [5, 5.41) is 4.72. The summed E-state index contributed by atoms with van der Waals surface area (Å²) in [6, 6.07) is 2.11. The van der Waals surface area contributed by atoms with Crippen molar-refractivity contribution in [3.63, 3.8) is 0 Å². The van der Waals surface area contributed by atoms with Gasteiger partial charge < -0.3 is 15.4 Å². The summed E-state index contributed by atoms with van der Waals surface area (Å²) < 4.78 is 33.3. The average molecular weight is 488 g/mol. The molecule has 0 saturated carbocycles. The standard InChI is InChI=1S/C21H29N9O3S/c1-2-34(31,32)29-5-3-27(4-6-29)14-16-11-18-20(28-7-9-33-10-8-28)25-19(26-30(18)15-16)17-12-23-21(22)24-13-17/h11-13,15H,2-10,14H2,1H3,(H2,22,23,24). The van der Waals surface area contributed by atoms with Crippen LogP contribution >= 0.6 is 0 Å². The number of hydrogen-bond donors (Lipinski definition) is 1. The highest BCUT2D eigenvalue weighted by Crippen LogP contribution is 2.26. The van der Waals surface area contributed by atoms with Crippen LogP contribution in [0.15, 0.2) is 24.7 Å². The zero-order chi connectivity index (χ0) is 23.7. The Morgan fingerprint density at radius 2 is 1.76 bits per heavy atom. The predicted octanol–water partition coefficient (Wildman–Crippen LogP) is 0.0724. The second-order valence-corrected chi connectivity index (χ2v) is 10.7. The van der Waals surface area contributed by atoms with Gasteiger partial charge in [-0.3, -0.25) is 4.90 Å². The molecule has 182 valence electrons. The largest absolute Gasteiger partial charge is 0.378 e. The van der Waals surface area contributed by atoms with Gasteiger partial charge >= 0.3 is 0 Å². The number of rotatable bonds is 6. The van der Waals surface area contributed by atoms with Crippen molar-refractivity contribution in [2.75, 3.05) is 68.9 Å². The maximum atomic E-state index is 12.2. The van der Waals surface area contributed by atoms with E-state index in [1.54, 1.807) is 23.6 Å². The van der Waals surface area contributed by atoms with Crippen LogP contribution in [0.5, 0.6) is 0 Å². The number of nitrogens with zero attached hydrogens (tertiary/aromatic N) is 8. The molecule has 34 heavy (non-hydrogen) atoms. The summed E-state index contributed by atoms with van der Waals surface area (Å²) >= 11 is 0. The van der Waals surface area contributed by atoms with Crippen molar-refractivity contribution >= 4 is 27.3 Å². The molecule has 3 aromatic heterocycles. The molecule has 2 aliphatic heterocycles. The second kappa shape index (κ2) is 9.41. The highest BCUT2D eigenvalue weighted by molar-refractivity contribution is 7.89. The van der Waals surface area contributed by atoms with E-state index in [0.29, 0.717) is 57.3 Å². The number of anilines is 2. The normalized spacial score (nSPS) is 18.6. The molecule has 0 amide bonds. The molecule has 12 nitrogen and oxygen atoms in total. The summed E-state index contributed by atoms with van der Waals surface area (Å²) in [4.78, 5) is 17.5. The van der Waals surface area contributed by atoms with Crippen LogP contribution in [0, 0.1) is 0 Å². The first-order valence-electron chi connectivity index (χ1n) is 11.4. The van der Waals surface area contributed by atoms with Gasteiger partial charge in [-0.1, -0.05) is 0 Å². The van der Waals surface area contributed by atoms with E-state index in [0.717, 1.165) is 30.0 Å². The number of morpholine rings is 1. The van der Waals surface area contributed by atoms with Gasteiger partial charge in [-0.2, -0.15) is 4.31 Å². The van der Waals surface area contributed by atoms with Gasteiger partial charge in [0.05, 0.1) is 24.5 Å². The highest BCUT2D eigenvalue weighted by atomic mass is 32.2. The van der Waals surface area contributed by atoms with Gasteiger partial charge in [0.15, 0.2) is 11.6 Å². The van der Waals surface area contributed by atoms with E-state index in [2.05, 4.69) is 25.8 Å². The Morgan fingerprint density at radius 1 is 1.06 bits per heavy atom. The van der Waals surface area contributed by atoms with E-state index in [1.807, 2.05) is 10.7 Å². The molecule has 13 heteroatoms. The molecule has 0 atom stereocenters. The first-order chi connectivity index (χ1) is 16.4. The maximum absolute atomic E-state index is 12.2. The molecule has 5 heterocycles. The van der Waals surface area contributed by atoms with Crippen LogP contribution in [-0.4, -0.2) is 100 Å². The number of sulfonamides is 1. The lowest BCUT2D eigenvalue weighted by Gasteiger charge is -2.33. The molecule has 0 bridgehead atoms. The van der Waals surface area contributed by atoms with Gasteiger partial charge in [0.2, 0.25) is 16.0 Å². The van der Waals surface area contributed by atoms with Crippen molar-refractivity contribution in [3.8, 4) is 11.4 Å². The van der Waals surface area contributed by atoms with Gasteiger partial charge in [0.1, 0.15) is 5.52 Å². The van der Waals surface area contributed by atoms with E-state index in [9.17, 15) is 8.42 Å². The Kier molecular flexibility index (Phi) is 6.34. The van der Waals surface area contributed by atoms with E-state index in [1.165, 1.54) is 0 Å². The third kappa shape index (κ3) is 4.69. The second-order valence-electron chi connectivity index (χ2n) is 8.44. The lowest BCUT2D eigenvalue weighted by Crippen LogP contribution is -2.48. The monoisotopic (exact) mass is 487 g/mol. The predicted molar refractivity (Wildman–Crippen MR) is 128 cm³/mol. The molecule has 2 saturated heterocycles. The zero-order valence-corrected chi connectivity index (χ0v) is 20.0. The summed E-state index contributed by atoms with van der Waals surface area (Å²) in [7, 11) is -3.14. The molecule has 0 radical (unpaired) electrons. The zero-order valence-electron chi connectivity index (χ0n) is 19.2. The number of aromatic nitrogens is 5. The quantitative estimate of drug-likeness (QED) is 0.509. The first-order valence-corrected chi connectivity index (χ1v) is 13.0. The topological polar surface area (TPSA) is 135 Å². The number of ether oxygens (including phenoxy) is 1. The van der Waals surface area contributed by atoms with Crippen molar-refractivity contribution in [2.45, 2.75) is 13.5 Å². The maximum Gasteiger partial charge on any atom is 0.219 e. The fraction of sp³-hybridized carbons (Fsp3) is 0.524. The van der Waals surface area contributed by atoms with E-state index in [4.69, 9.17) is 20.6 Å². The highest BCUT2D eigenvalue weighted by Gasteiger charge is 2.26. The van der Waals surface area contributed by atoms with Crippen LogP contribution in [-0.2, 0) is 21.3 Å². The van der Waals surface area contributed by atoms with E-state index in [-0.39, 0.29) is 11.7 Å². The lowest BCUT2D eigenvalue weighted by atomic mass is 10.2. The molecule has 2 N–H and O–H groups in total. The van der Waals surface area contributed by atoms with Crippen LogP contribution < -0.4 is 10.6 Å². The molecule has 0 aromatic carbocycles. The molecule has 2 aliphatic rings. The lowest BCUT2D eigenvalue weighted by molar-refractivity contribution is 0.122. The minimum Gasteiger partial charge on any atom is -0.378 e. The van der Waals surface area contributed by atoms with Crippen molar-refractivity contribution < 1.29 is 13.2 Å². The van der Waals surface area contributed by atoms with Gasteiger partial charge in [0, 0.05) is 64.4 Å². The molecular formula is C21H29N9O3S.